The molecule has 3 N–H and O–H groups in total. The second-order valence-corrected chi connectivity index (χ2v) is 8.79. The molecule has 0 spiro atoms. The third kappa shape index (κ3) is 8.17. The van der Waals surface area contributed by atoms with E-state index < -0.39 is 29.3 Å². The Bertz CT molecular complexity index is 1200. The molecule has 2 rings (SSSR count). The van der Waals surface area contributed by atoms with Gasteiger partial charge in [0, 0.05) is 23.5 Å². The van der Waals surface area contributed by atoms with Crippen molar-refractivity contribution < 1.29 is 33.8 Å². The topological polar surface area (TPSA) is 156 Å². The van der Waals surface area contributed by atoms with E-state index in [0.717, 1.165) is 0 Å². The summed E-state index contributed by atoms with van der Waals surface area (Å²) in [7, 11) is 4.85. The van der Waals surface area contributed by atoms with E-state index in [1.807, 2.05) is 0 Å². The van der Waals surface area contributed by atoms with Gasteiger partial charge >= 0.3 is 11.9 Å². The Kier molecular flexibility index (Phi) is 11.0. The van der Waals surface area contributed by atoms with E-state index in [2.05, 4.69) is 34.0 Å². The molecule has 190 valence electrons. The molecule has 0 aliphatic carbocycles. The maximum Gasteiger partial charge on any atom is 0.340 e. The molecule has 2 aromatic rings. The van der Waals surface area contributed by atoms with Gasteiger partial charge in [-0.3, -0.25) is 9.59 Å². The number of nitrogens with zero attached hydrogens (tertiary/aromatic N) is 2. The van der Waals surface area contributed by atoms with E-state index in [0.29, 0.717) is 23.5 Å². The quantitative estimate of drug-likeness (QED) is 0.132. The summed E-state index contributed by atoms with van der Waals surface area (Å²) >= 11 is 1.49. The first-order valence-electron chi connectivity index (χ1n) is 10.3. The molecule has 0 saturated heterocycles. The first-order chi connectivity index (χ1) is 17.2. The third-order valence-electron chi connectivity index (χ3n) is 4.51. The van der Waals surface area contributed by atoms with Gasteiger partial charge in [0.15, 0.2) is 5.70 Å². The first-order valence-corrected chi connectivity index (χ1v) is 12.8. The second-order valence-electron chi connectivity index (χ2n) is 7.05. The number of carbonyl (C=O) groups is 4. The molecular weight excluding hydrogens is 507 g/mol. The number of amides is 2. The first kappa shape index (κ1) is 28.5. The number of rotatable bonds is 10. The predicted molar refractivity (Wildman–Crippen MR) is 139 cm³/mol. The Morgan fingerprint density at radius 2 is 1.58 bits per heavy atom. The van der Waals surface area contributed by atoms with Crippen molar-refractivity contribution in [3.8, 4) is 0 Å². The molecule has 0 heterocycles. The lowest BCUT2D eigenvalue weighted by molar-refractivity contribution is -0.116. The van der Waals surface area contributed by atoms with Crippen LogP contribution in [0, 0.1) is 0 Å². The standard InChI is InChI=1S/C23H25N4O7PS/c1-13(28)20(21(30)25-16-7-5-15(6-8-16)24-19(29)10-11-36-35)27-26-18-12-14(22(31)33-2)4-9-17(18)23(32)34-3/h4-9,12,28H,10-11,35H2,1-3H3,(H,24,29)(H,25,30). The Morgan fingerprint density at radius 3 is 2.14 bits per heavy atom. The van der Waals surface area contributed by atoms with E-state index in [4.69, 9.17) is 4.74 Å². The van der Waals surface area contributed by atoms with Crippen molar-refractivity contribution in [2.24, 2.45) is 10.2 Å². The van der Waals surface area contributed by atoms with Crippen molar-refractivity contribution in [3.63, 3.8) is 0 Å². The van der Waals surface area contributed by atoms with Crippen LogP contribution >= 0.6 is 19.8 Å². The SMILES string of the molecule is COC(=O)c1ccc(C(=O)OC)c(N=NC(C(=O)Nc2ccc(NC(=O)CCSP)cc2)=C(C)O)c1. The normalized spacial score (nSPS) is 11.4. The Labute approximate surface area is 213 Å². The van der Waals surface area contributed by atoms with E-state index in [1.54, 1.807) is 24.3 Å². The Balaban J connectivity index is 2.22. The summed E-state index contributed by atoms with van der Waals surface area (Å²) < 4.78 is 9.38. The highest BCUT2D eigenvalue weighted by Gasteiger charge is 2.18. The number of hydrogen-bond donors (Lipinski definition) is 3. The molecule has 0 radical (unpaired) electrons. The van der Waals surface area contributed by atoms with Crippen LogP contribution < -0.4 is 10.6 Å². The lowest BCUT2D eigenvalue weighted by Gasteiger charge is -2.09. The average molecular weight is 533 g/mol. The number of hydrogen-bond acceptors (Lipinski definition) is 10. The smallest absolute Gasteiger partial charge is 0.340 e. The molecule has 0 aromatic heterocycles. The fraction of sp³-hybridized carbons (Fsp3) is 0.217. The number of azo groups is 1. The molecule has 2 amide bonds. The number of carbonyl (C=O) groups excluding carboxylic acids is 4. The number of nitrogens with one attached hydrogen (secondary N) is 2. The van der Waals surface area contributed by atoms with Crippen molar-refractivity contribution in [3.05, 3.63) is 65.0 Å². The molecule has 1 unspecified atom stereocenters. The lowest BCUT2D eigenvalue weighted by Crippen LogP contribution is -2.15. The molecule has 0 fully saturated rings. The maximum absolute atomic E-state index is 12.7. The molecule has 0 aliphatic rings. The van der Waals surface area contributed by atoms with Gasteiger partial charge in [-0.25, -0.2) is 9.59 Å². The van der Waals surface area contributed by atoms with Gasteiger partial charge in [-0.1, -0.05) is 8.44 Å². The average Bonchev–Trinajstić information content (AvgIpc) is 2.87. The number of aliphatic hydroxyl groups is 1. The molecule has 36 heavy (non-hydrogen) atoms. The van der Waals surface area contributed by atoms with Crippen LogP contribution in [0.2, 0.25) is 0 Å². The van der Waals surface area contributed by atoms with Crippen LogP contribution in [-0.2, 0) is 19.1 Å². The maximum atomic E-state index is 12.7. The van der Waals surface area contributed by atoms with Gasteiger partial charge in [-0.05, 0) is 49.4 Å². The fourth-order valence-electron chi connectivity index (χ4n) is 2.73. The van der Waals surface area contributed by atoms with Gasteiger partial charge < -0.3 is 25.2 Å². The fourth-order valence-corrected chi connectivity index (χ4v) is 3.39. The number of benzene rings is 2. The molecule has 0 bridgehead atoms. The van der Waals surface area contributed by atoms with Gasteiger partial charge in [0.25, 0.3) is 5.91 Å². The summed E-state index contributed by atoms with van der Waals surface area (Å²) in [5, 5.41) is 23.0. The van der Waals surface area contributed by atoms with E-state index >= 15 is 0 Å². The minimum atomic E-state index is -0.781. The Morgan fingerprint density at radius 1 is 0.972 bits per heavy atom. The third-order valence-corrected chi connectivity index (χ3v) is 5.66. The zero-order chi connectivity index (χ0) is 26.7. The van der Waals surface area contributed by atoms with Gasteiger partial charge in [0.05, 0.1) is 25.3 Å². The van der Waals surface area contributed by atoms with Crippen molar-refractivity contribution in [1.82, 2.24) is 0 Å². The molecule has 1 atom stereocenters. The van der Waals surface area contributed by atoms with Crippen LogP contribution in [0.25, 0.3) is 0 Å². The largest absolute Gasteiger partial charge is 0.510 e. The highest BCUT2D eigenvalue weighted by Crippen LogP contribution is 2.25. The highest BCUT2D eigenvalue weighted by molar-refractivity contribution is 8.43. The summed E-state index contributed by atoms with van der Waals surface area (Å²) in [5.41, 5.74) is 0.502. The number of methoxy groups -OCH3 is 2. The van der Waals surface area contributed by atoms with Gasteiger partial charge in [0.1, 0.15) is 11.4 Å². The summed E-state index contributed by atoms with van der Waals surface area (Å²) in [6, 6.07) is 10.3. The molecule has 0 saturated carbocycles. The van der Waals surface area contributed by atoms with Gasteiger partial charge in [-0.15, -0.1) is 21.6 Å². The second kappa shape index (κ2) is 14.0. The van der Waals surface area contributed by atoms with Crippen LogP contribution in [0.4, 0.5) is 17.1 Å². The minimum absolute atomic E-state index is 0.0156. The van der Waals surface area contributed by atoms with Crippen LogP contribution in [0.3, 0.4) is 0 Å². The van der Waals surface area contributed by atoms with Crippen molar-refractivity contribution in [2.75, 3.05) is 30.6 Å². The van der Waals surface area contributed by atoms with Crippen molar-refractivity contribution in [1.29, 1.82) is 0 Å². The zero-order valence-corrected chi connectivity index (χ0v) is 21.7. The van der Waals surface area contributed by atoms with Gasteiger partial charge in [-0.2, -0.15) is 0 Å². The van der Waals surface area contributed by atoms with Crippen LogP contribution in [-0.4, -0.2) is 48.8 Å². The van der Waals surface area contributed by atoms with E-state index in [1.165, 1.54) is 50.7 Å². The Hall–Kier alpha value is -3.76. The molecule has 11 nitrogen and oxygen atoms in total. The molecule has 13 heteroatoms. The number of allylic oxidation sites excluding steroid dienone is 1. The summed E-state index contributed by atoms with van der Waals surface area (Å²) in [5.74, 6) is -2.09. The number of aliphatic hydroxyl groups excluding tert-OH is 1. The number of esters is 2. The lowest BCUT2D eigenvalue weighted by atomic mass is 10.1. The number of anilines is 2. The van der Waals surface area contributed by atoms with Crippen LogP contribution in [0.5, 0.6) is 0 Å². The summed E-state index contributed by atoms with van der Waals surface area (Å²) in [6.45, 7) is 1.24. The molecule has 2 aromatic carbocycles. The number of ether oxygens (including phenoxy) is 2. The van der Waals surface area contributed by atoms with E-state index in [-0.39, 0.29) is 22.7 Å². The summed E-state index contributed by atoms with van der Waals surface area (Å²) in [4.78, 5) is 48.5. The van der Waals surface area contributed by atoms with Crippen molar-refractivity contribution in [2.45, 2.75) is 13.3 Å². The monoisotopic (exact) mass is 532 g/mol. The highest BCUT2D eigenvalue weighted by atomic mass is 32.7. The molecule has 0 aliphatic heterocycles. The van der Waals surface area contributed by atoms with Gasteiger partial charge in [0.2, 0.25) is 5.91 Å². The zero-order valence-electron chi connectivity index (χ0n) is 19.7. The molecular formula is C23H25N4O7PS. The summed E-state index contributed by atoms with van der Waals surface area (Å²) in [6.07, 6.45) is 0.363. The van der Waals surface area contributed by atoms with Crippen LogP contribution in [0.1, 0.15) is 34.1 Å². The van der Waals surface area contributed by atoms with Crippen LogP contribution in [0.15, 0.2) is 64.1 Å². The van der Waals surface area contributed by atoms with Crippen molar-refractivity contribution >= 4 is 60.6 Å². The van der Waals surface area contributed by atoms with E-state index in [9.17, 15) is 24.3 Å². The minimum Gasteiger partial charge on any atom is -0.510 e. The predicted octanol–water partition coefficient (Wildman–Crippen LogP) is 4.62.